The first-order valence-electron chi connectivity index (χ1n) is 10.8. The summed E-state index contributed by atoms with van der Waals surface area (Å²) in [6.45, 7) is 10.7. The van der Waals surface area contributed by atoms with Gasteiger partial charge in [0.2, 0.25) is 5.91 Å². The van der Waals surface area contributed by atoms with Gasteiger partial charge in [-0.3, -0.25) is 4.79 Å². The number of anilines is 1. The first kappa shape index (κ1) is 26.0. The van der Waals surface area contributed by atoms with Crippen molar-refractivity contribution in [3.05, 3.63) is 30.3 Å². The fraction of sp³-hybridized carbons (Fsp3) is 0.591. The number of para-hydroxylation sites is 1. The number of halogens is 1. The zero-order valence-electron chi connectivity index (χ0n) is 19.2. The zero-order valence-corrected chi connectivity index (χ0v) is 21.5. The molecule has 178 valence electrons. The largest absolute Gasteiger partial charge is 0.444 e. The van der Waals surface area contributed by atoms with Crippen LogP contribution in [0.25, 0.3) is 0 Å². The third kappa shape index (κ3) is 7.42. The maximum atomic E-state index is 12.6. The van der Waals surface area contributed by atoms with Crippen LogP contribution in [0.15, 0.2) is 35.3 Å². The number of amides is 2. The lowest BCUT2D eigenvalue weighted by Gasteiger charge is -2.36. The SMILES string of the molecule is CC(C)(C)OC(=O)N1CCN(C(N)=NCC(=O)N2CCN(c3ccccc3)CC2)CC1.I. The number of benzene rings is 1. The fourth-order valence-corrected chi connectivity index (χ4v) is 3.65. The van der Waals surface area contributed by atoms with E-state index in [2.05, 4.69) is 22.0 Å². The monoisotopic (exact) mass is 558 g/mol. The Balaban J connectivity index is 0.00000363. The Bertz CT molecular complexity index is 783. The molecule has 9 nitrogen and oxygen atoms in total. The van der Waals surface area contributed by atoms with Crippen LogP contribution in [0.5, 0.6) is 0 Å². The van der Waals surface area contributed by atoms with Crippen molar-refractivity contribution in [2.75, 3.05) is 63.8 Å². The number of carbonyl (C=O) groups is 2. The van der Waals surface area contributed by atoms with Crippen molar-refractivity contribution in [2.24, 2.45) is 10.7 Å². The third-order valence-electron chi connectivity index (χ3n) is 5.39. The highest BCUT2D eigenvalue weighted by Gasteiger charge is 2.27. The normalized spacial score (nSPS) is 17.7. The van der Waals surface area contributed by atoms with E-state index in [0.29, 0.717) is 45.2 Å². The minimum Gasteiger partial charge on any atom is -0.444 e. The second kappa shape index (κ2) is 11.6. The van der Waals surface area contributed by atoms with Crippen LogP contribution in [-0.2, 0) is 9.53 Å². The molecule has 0 saturated carbocycles. The number of ether oxygens (including phenoxy) is 1. The lowest BCUT2D eigenvalue weighted by molar-refractivity contribution is -0.129. The summed E-state index contributed by atoms with van der Waals surface area (Å²) in [5.41, 5.74) is 6.78. The van der Waals surface area contributed by atoms with E-state index in [0.717, 1.165) is 13.1 Å². The van der Waals surface area contributed by atoms with Crippen molar-refractivity contribution in [1.29, 1.82) is 0 Å². The fourth-order valence-electron chi connectivity index (χ4n) is 3.65. The molecule has 2 amide bonds. The topological polar surface area (TPSA) is 94.7 Å². The van der Waals surface area contributed by atoms with E-state index < -0.39 is 5.60 Å². The Morgan fingerprint density at radius 2 is 1.44 bits per heavy atom. The molecule has 32 heavy (non-hydrogen) atoms. The van der Waals surface area contributed by atoms with E-state index in [-0.39, 0.29) is 42.5 Å². The van der Waals surface area contributed by atoms with Crippen LogP contribution in [0.1, 0.15) is 20.8 Å². The summed E-state index contributed by atoms with van der Waals surface area (Å²) >= 11 is 0. The summed E-state index contributed by atoms with van der Waals surface area (Å²) in [6.07, 6.45) is -0.313. The van der Waals surface area contributed by atoms with Gasteiger partial charge in [0.15, 0.2) is 5.96 Å². The first-order valence-corrected chi connectivity index (χ1v) is 10.8. The molecule has 10 heteroatoms. The van der Waals surface area contributed by atoms with Gasteiger partial charge in [-0.05, 0) is 32.9 Å². The van der Waals surface area contributed by atoms with Crippen molar-refractivity contribution in [1.82, 2.24) is 14.7 Å². The highest BCUT2D eigenvalue weighted by molar-refractivity contribution is 14.0. The number of carbonyl (C=O) groups excluding carboxylic acids is 2. The summed E-state index contributed by atoms with van der Waals surface area (Å²) in [4.78, 5) is 36.7. The molecule has 0 bridgehead atoms. The van der Waals surface area contributed by atoms with E-state index in [9.17, 15) is 9.59 Å². The van der Waals surface area contributed by atoms with Crippen LogP contribution in [0.2, 0.25) is 0 Å². The number of piperazine rings is 2. The lowest BCUT2D eigenvalue weighted by Crippen LogP contribution is -2.53. The van der Waals surface area contributed by atoms with Crippen LogP contribution < -0.4 is 10.6 Å². The molecule has 2 fully saturated rings. The van der Waals surface area contributed by atoms with Gasteiger partial charge < -0.3 is 30.1 Å². The number of nitrogens with two attached hydrogens (primary N) is 1. The predicted octanol–water partition coefficient (Wildman–Crippen LogP) is 1.82. The van der Waals surface area contributed by atoms with E-state index in [1.807, 2.05) is 48.8 Å². The summed E-state index contributed by atoms with van der Waals surface area (Å²) in [6, 6.07) is 10.2. The van der Waals surface area contributed by atoms with Gasteiger partial charge in [-0.15, -0.1) is 24.0 Å². The molecule has 1 aromatic carbocycles. The molecule has 2 aliphatic rings. The van der Waals surface area contributed by atoms with Gasteiger partial charge in [0.05, 0.1) is 0 Å². The molecule has 0 radical (unpaired) electrons. The molecule has 1 aromatic rings. The standard InChI is InChI=1S/C22H34N6O3.HI/c1-22(2,3)31-21(30)28-15-13-27(14-16-28)20(23)24-17-19(29)26-11-9-25(10-12-26)18-7-5-4-6-8-18;/h4-8H,9-17H2,1-3H3,(H2,23,24);1H. The molecule has 2 aliphatic heterocycles. The average Bonchev–Trinajstić information content (AvgIpc) is 2.77. The van der Waals surface area contributed by atoms with Gasteiger partial charge in [-0.25, -0.2) is 9.79 Å². The van der Waals surface area contributed by atoms with Crippen LogP contribution in [0.3, 0.4) is 0 Å². The van der Waals surface area contributed by atoms with Gasteiger partial charge >= 0.3 is 6.09 Å². The molecule has 3 rings (SSSR count). The number of hydrogen-bond acceptors (Lipinski definition) is 5. The number of nitrogens with zero attached hydrogens (tertiary/aromatic N) is 5. The van der Waals surface area contributed by atoms with Crippen molar-refractivity contribution >= 4 is 47.6 Å². The number of rotatable bonds is 3. The highest BCUT2D eigenvalue weighted by atomic mass is 127. The molecule has 0 unspecified atom stereocenters. The molecule has 2 heterocycles. The Morgan fingerprint density at radius 1 is 0.906 bits per heavy atom. The second-order valence-corrected chi connectivity index (χ2v) is 8.83. The Morgan fingerprint density at radius 3 is 2.00 bits per heavy atom. The van der Waals surface area contributed by atoms with Crippen molar-refractivity contribution < 1.29 is 14.3 Å². The van der Waals surface area contributed by atoms with Crippen molar-refractivity contribution in [2.45, 2.75) is 26.4 Å². The molecule has 0 aromatic heterocycles. The molecular formula is C22H35IN6O3. The Labute approximate surface area is 207 Å². The first-order chi connectivity index (χ1) is 14.7. The van der Waals surface area contributed by atoms with Gasteiger partial charge in [-0.1, -0.05) is 18.2 Å². The number of hydrogen-bond donors (Lipinski definition) is 1. The van der Waals surface area contributed by atoms with E-state index in [1.54, 1.807) is 4.90 Å². The zero-order chi connectivity index (χ0) is 22.4. The lowest BCUT2D eigenvalue weighted by atomic mass is 10.2. The highest BCUT2D eigenvalue weighted by Crippen LogP contribution is 2.16. The second-order valence-electron chi connectivity index (χ2n) is 8.83. The van der Waals surface area contributed by atoms with Crippen LogP contribution in [0.4, 0.5) is 10.5 Å². The molecule has 2 N–H and O–H groups in total. The van der Waals surface area contributed by atoms with Gasteiger partial charge in [0.25, 0.3) is 0 Å². The quantitative estimate of drug-likeness (QED) is 0.346. The van der Waals surface area contributed by atoms with Crippen LogP contribution in [-0.4, -0.2) is 97.2 Å². The summed E-state index contributed by atoms with van der Waals surface area (Å²) in [7, 11) is 0. The summed E-state index contributed by atoms with van der Waals surface area (Å²) in [5, 5.41) is 0. The average molecular weight is 558 g/mol. The number of aliphatic imine (C=N–C) groups is 1. The molecule has 0 spiro atoms. The molecule has 0 atom stereocenters. The summed E-state index contributed by atoms with van der Waals surface area (Å²) in [5.74, 6) is 0.336. The van der Waals surface area contributed by atoms with E-state index in [1.165, 1.54) is 5.69 Å². The van der Waals surface area contributed by atoms with Gasteiger partial charge in [0.1, 0.15) is 12.1 Å². The maximum Gasteiger partial charge on any atom is 0.410 e. The molecule has 0 aliphatic carbocycles. The van der Waals surface area contributed by atoms with Gasteiger partial charge in [0, 0.05) is 58.0 Å². The van der Waals surface area contributed by atoms with Crippen molar-refractivity contribution in [3.63, 3.8) is 0 Å². The minimum atomic E-state index is -0.512. The predicted molar refractivity (Wildman–Crippen MR) is 137 cm³/mol. The smallest absolute Gasteiger partial charge is 0.410 e. The minimum absolute atomic E-state index is 0. The third-order valence-corrected chi connectivity index (χ3v) is 5.39. The van der Waals surface area contributed by atoms with Gasteiger partial charge in [-0.2, -0.15) is 0 Å². The molecular weight excluding hydrogens is 523 g/mol. The van der Waals surface area contributed by atoms with Crippen molar-refractivity contribution in [3.8, 4) is 0 Å². The van der Waals surface area contributed by atoms with E-state index >= 15 is 0 Å². The maximum absolute atomic E-state index is 12.6. The number of guanidine groups is 1. The van der Waals surface area contributed by atoms with Crippen LogP contribution >= 0.6 is 24.0 Å². The molecule has 2 saturated heterocycles. The Hall–Kier alpha value is -2.24. The van der Waals surface area contributed by atoms with Crippen LogP contribution in [0, 0.1) is 0 Å². The van der Waals surface area contributed by atoms with E-state index in [4.69, 9.17) is 10.5 Å². The Kier molecular flexibility index (Phi) is 9.41. The summed E-state index contributed by atoms with van der Waals surface area (Å²) < 4.78 is 5.41.